The lowest BCUT2D eigenvalue weighted by Crippen LogP contribution is -2.34. The summed E-state index contributed by atoms with van der Waals surface area (Å²) in [5.74, 6) is -1.14. The van der Waals surface area contributed by atoms with Gasteiger partial charge in [-0.15, -0.1) is 0 Å². The van der Waals surface area contributed by atoms with Crippen molar-refractivity contribution in [3.05, 3.63) is 69.3 Å². The van der Waals surface area contributed by atoms with Crippen LogP contribution in [0.3, 0.4) is 0 Å². The van der Waals surface area contributed by atoms with Crippen LogP contribution in [0.25, 0.3) is 0 Å². The number of ether oxygens (including phenoxy) is 1. The number of hydrogen-bond donors (Lipinski definition) is 2. The molecule has 22 heavy (non-hydrogen) atoms. The average Bonchev–Trinajstić information content (AvgIpc) is 2.51. The minimum Gasteiger partial charge on any atom is -0.479 e. The van der Waals surface area contributed by atoms with Gasteiger partial charge in [0.25, 0.3) is 0 Å². The molecule has 5 nitrogen and oxygen atoms in total. The minimum absolute atomic E-state index is 0.0886. The monoisotopic (exact) mass is 411 g/mol. The molecule has 0 aliphatic rings. The summed E-state index contributed by atoms with van der Waals surface area (Å²) in [6.07, 6.45) is -0.768. The summed E-state index contributed by atoms with van der Waals surface area (Å²) in [4.78, 5) is 23.1. The summed E-state index contributed by atoms with van der Waals surface area (Å²) >= 11 is 2.08. The number of carboxylic acids is 1. The van der Waals surface area contributed by atoms with Gasteiger partial charge < -0.3 is 15.2 Å². The Kier molecular flexibility index (Phi) is 5.76. The molecule has 0 aliphatic heterocycles. The number of aliphatic carboxylic acids is 1. The zero-order valence-corrected chi connectivity index (χ0v) is 13.7. The molecule has 2 rings (SSSR count). The van der Waals surface area contributed by atoms with Crippen LogP contribution in [-0.4, -0.2) is 17.2 Å². The maximum absolute atomic E-state index is 11.8. The van der Waals surface area contributed by atoms with Crippen molar-refractivity contribution < 1.29 is 19.4 Å². The number of carboxylic acid groups (broad SMARTS) is 1. The first-order valence-electron chi connectivity index (χ1n) is 6.52. The summed E-state index contributed by atoms with van der Waals surface area (Å²) in [5.41, 5.74) is 1.33. The van der Waals surface area contributed by atoms with Crippen LogP contribution < -0.4 is 5.32 Å². The Bertz CT molecular complexity index is 660. The van der Waals surface area contributed by atoms with E-state index in [0.29, 0.717) is 5.56 Å². The van der Waals surface area contributed by atoms with E-state index in [1.54, 1.807) is 18.2 Å². The molecule has 0 saturated heterocycles. The molecule has 0 aromatic heterocycles. The normalized spacial score (nSPS) is 11.5. The number of carbonyl (C=O) groups excluding carboxylic acids is 1. The lowest BCUT2D eigenvalue weighted by Gasteiger charge is -2.15. The highest BCUT2D eigenvalue weighted by Gasteiger charge is 2.22. The van der Waals surface area contributed by atoms with Gasteiger partial charge in [-0.2, -0.15) is 0 Å². The highest BCUT2D eigenvalue weighted by atomic mass is 127. The minimum atomic E-state index is -1.14. The smallest absolute Gasteiger partial charge is 0.408 e. The van der Waals surface area contributed by atoms with E-state index < -0.39 is 18.1 Å². The predicted octanol–water partition coefficient (Wildman–Crippen LogP) is 3.34. The van der Waals surface area contributed by atoms with Gasteiger partial charge in [0, 0.05) is 3.57 Å². The predicted molar refractivity (Wildman–Crippen MR) is 89.3 cm³/mol. The molecule has 2 aromatic carbocycles. The Labute approximate surface area is 141 Å². The summed E-state index contributed by atoms with van der Waals surface area (Å²) in [6, 6.07) is 15.0. The second kappa shape index (κ2) is 7.79. The Hall–Kier alpha value is -2.09. The van der Waals surface area contributed by atoms with Crippen molar-refractivity contribution in [1.82, 2.24) is 5.32 Å². The fourth-order valence-electron chi connectivity index (χ4n) is 1.86. The maximum atomic E-state index is 11.8. The van der Waals surface area contributed by atoms with Crippen LogP contribution in [0.15, 0.2) is 54.6 Å². The molecule has 0 fully saturated rings. The lowest BCUT2D eigenvalue weighted by molar-refractivity contribution is -0.139. The van der Waals surface area contributed by atoms with Crippen LogP contribution in [0, 0.1) is 3.57 Å². The Morgan fingerprint density at radius 3 is 2.50 bits per heavy atom. The van der Waals surface area contributed by atoms with Crippen molar-refractivity contribution in [1.29, 1.82) is 0 Å². The molecule has 0 radical (unpaired) electrons. The lowest BCUT2D eigenvalue weighted by atomic mass is 10.1. The van der Waals surface area contributed by atoms with E-state index in [0.717, 1.165) is 9.13 Å². The Morgan fingerprint density at radius 1 is 1.14 bits per heavy atom. The van der Waals surface area contributed by atoms with E-state index in [1.807, 2.05) is 36.4 Å². The third kappa shape index (κ3) is 4.73. The Balaban J connectivity index is 1.99. The number of amides is 1. The van der Waals surface area contributed by atoms with Crippen molar-refractivity contribution in [2.24, 2.45) is 0 Å². The number of nitrogens with one attached hydrogen (secondary N) is 1. The second-order valence-electron chi connectivity index (χ2n) is 4.53. The molecule has 1 amide bonds. The average molecular weight is 411 g/mol. The number of carbonyl (C=O) groups is 2. The van der Waals surface area contributed by atoms with Crippen molar-refractivity contribution >= 4 is 34.7 Å². The van der Waals surface area contributed by atoms with Crippen LogP contribution in [0.2, 0.25) is 0 Å². The second-order valence-corrected chi connectivity index (χ2v) is 5.78. The fourth-order valence-corrected chi connectivity index (χ4v) is 2.42. The SMILES string of the molecule is O=C(N[C@@H](C(=O)O)c1cccc(I)c1)OCc1ccccc1. The first kappa shape index (κ1) is 16.3. The first-order valence-corrected chi connectivity index (χ1v) is 7.59. The highest BCUT2D eigenvalue weighted by molar-refractivity contribution is 14.1. The molecular formula is C16H14INO4. The molecule has 0 heterocycles. The molecule has 0 saturated carbocycles. The van der Waals surface area contributed by atoms with Gasteiger partial charge in [-0.25, -0.2) is 9.59 Å². The highest BCUT2D eigenvalue weighted by Crippen LogP contribution is 2.16. The third-order valence-electron chi connectivity index (χ3n) is 2.90. The number of rotatable bonds is 5. The van der Waals surface area contributed by atoms with Crippen LogP contribution in [0.1, 0.15) is 17.2 Å². The summed E-state index contributed by atoms with van der Waals surface area (Å²) in [5, 5.41) is 11.6. The topological polar surface area (TPSA) is 75.6 Å². The molecule has 1 atom stereocenters. The molecule has 0 aliphatic carbocycles. The molecule has 2 N–H and O–H groups in total. The van der Waals surface area contributed by atoms with Crippen LogP contribution in [-0.2, 0) is 16.1 Å². The quantitative estimate of drug-likeness (QED) is 0.741. The van der Waals surface area contributed by atoms with Crippen LogP contribution in [0.4, 0.5) is 4.79 Å². The zero-order chi connectivity index (χ0) is 15.9. The van der Waals surface area contributed by atoms with Crippen molar-refractivity contribution in [3.8, 4) is 0 Å². The van der Waals surface area contributed by atoms with E-state index in [9.17, 15) is 14.7 Å². The van der Waals surface area contributed by atoms with Gasteiger partial charge in [-0.1, -0.05) is 42.5 Å². The molecule has 0 bridgehead atoms. The molecule has 2 aromatic rings. The summed E-state index contributed by atoms with van der Waals surface area (Å²) in [6.45, 7) is 0.0886. The van der Waals surface area contributed by atoms with Gasteiger partial charge in [0.15, 0.2) is 6.04 Å². The first-order chi connectivity index (χ1) is 10.6. The molecule has 0 spiro atoms. The van der Waals surface area contributed by atoms with Gasteiger partial charge in [0.05, 0.1) is 0 Å². The fraction of sp³-hybridized carbons (Fsp3) is 0.125. The van der Waals surface area contributed by atoms with Crippen LogP contribution in [0.5, 0.6) is 0 Å². The van der Waals surface area contributed by atoms with Gasteiger partial charge in [0.1, 0.15) is 6.61 Å². The van der Waals surface area contributed by atoms with E-state index in [2.05, 4.69) is 27.9 Å². The zero-order valence-electron chi connectivity index (χ0n) is 11.5. The summed E-state index contributed by atoms with van der Waals surface area (Å²) in [7, 11) is 0. The van der Waals surface area contributed by atoms with Gasteiger partial charge in [0.2, 0.25) is 0 Å². The number of alkyl carbamates (subject to hydrolysis) is 1. The van der Waals surface area contributed by atoms with E-state index in [4.69, 9.17) is 4.74 Å². The number of halogens is 1. The number of benzene rings is 2. The van der Waals surface area contributed by atoms with Gasteiger partial charge >= 0.3 is 12.1 Å². The van der Waals surface area contributed by atoms with E-state index in [1.165, 1.54) is 0 Å². The standard InChI is InChI=1S/C16H14INO4/c17-13-8-4-7-12(9-13)14(15(19)20)18-16(21)22-10-11-5-2-1-3-6-11/h1-9,14H,10H2,(H,18,21)(H,19,20)/t14-/m1/s1. The Morgan fingerprint density at radius 2 is 1.86 bits per heavy atom. The van der Waals surface area contributed by atoms with E-state index in [-0.39, 0.29) is 6.61 Å². The molecular weight excluding hydrogens is 397 g/mol. The largest absolute Gasteiger partial charge is 0.479 e. The van der Waals surface area contributed by atoms with Crippen LogP contribution >= 0.6 is 22.6 Å². The maximum Gasteiger partial charge on any atom is 0.408 e. The summed E-state index contributed by atoms with van der Waals surface area (Å²) < 4.78 is 5.93. The molecule has 6 heteroatoms. The van der Waals surface area contributed by atoms with Crippen molar-refractivity contribution in [2.45, 2.75) is 12.6 Å². The van der Waals surface area contributed by atoms with E-state index >= 15 is 0 Å². The van der Waals surface area contributed by atoms with Crippen molar-refractivity contribution in [3.63, 3.8) is 0 Å². The molecule has 0 unspecified atom stereocenters. The molecule has 114 valence electrons. The van der Waals surface area contributed by atoms with Gasteiger partial charge in [-0.3, -0.25) is 0 Å². The third-order valence-corrected chi connectivity index (χ3v) is 3.57. The number of hydrogen-bond acceptors (Lipinski definition) is 3. The van der Waals surface area contributed by atoms with Crippen molar-refractivity contribution in [2.75, 3.05) is 0 Å². The van der Waals surface area contributed by atoms with Gasteiger partial charge in [-0.05, 0) is 45.9 Å².